The van der Waals surface area contributed by atoms with Gasteiger partial charge in [-0.05, 0) is 35.9 Å². The first-order chi connectivity index (χ1) is 16.2. The van der Waals surface area contributed by atoms with E-state index in [1.165, 1.54) is 24.5 Å². The molecule has 180 valence electrons. The van der Waals surface area contributed by atoms with Gasteiger partial charge >= 0.3 is 12.4 Å². The summed E-state index contributed by atoms with van der Waals surface area (Å²) in [4.78, 5) is 43.0. The number of hydrogen-bond acceptors (Lipinski definition) is 7. The lowest BCUT2D eigenvalue weighted by Gasteiger charge is -2.27. The van der Waals surface area contributed by atoms with Gasteiger partial charge < -0.3 is 14.8 Å². The number of imide groups is 1. The number of carbonyl (C=O) groups excluding carboxylic acids is 3. The molecule has 0 spiro atoms. The first kappa shape index (κ1) is 23.4. The number of rotatable bonds is 6. The average Bonchev–Trinajstić information content (AvgIpc) is 3.07. The predicted octanol–water partition coefficient (Wildman–Crippen LogP) is 1.62. The van der Waals surface area contributed by atoms with Crippen molar-refractivity contribution in [2.24, 2.45) is 0 Å². The van der Waals surface area contributed by atoms with Crippen molar-refractivity contribution >= 4 is 23.5 Å². The standard InChI is InChI=1S/C21H20F3N5O5/c22-21(23,24)34-15-3-1-14(2-4-15)29-19(31)17(26-20(29)32)11-13-5-6-25-12-16(13)18(30)27-28-7-9-33-10-8-28/h1-6,12,17H,7-11H2,(H,26,32)(H,27,30). The fourth-order valence-corrected chi connectivity index (χ4v) is 3.62. The van der Waals surface area contributed by atoms with Crippen molar-refractivity contribution in [1.82, 2.24) is 20.7 Å². The minimum atomic E-state index is -4.86. The minimum absolute atomic E-state index is 0.0186. The van der Waals surface area contributed by atoms with E-state index in [-0.39, 0.29) is 17.7 Å². The first-order valence-corrected chi connectivity index (χ1v) is 10.3. The number of hydrazine groups is 1. The van der Waals surface area contributed by atoms with Gasteiger partial charge in [-0.15, -0.1) is 13.2 Å². The van der Waals surface area contributed by atoms with Crippen molar-refractivity contribution in [1.29, 1.82) is 0 Å². The van der Waals surface area contributed by atoms with E-state index >= 15 is 0 Å². The van der Waals surface area contributed by atoms with Crippen molar-refractivity contribution < 1.29 is 37.0 Å². The van der Waals surface area contributed by atoms with E-state index in [0.29, 0.717) is 31.9 Å². The topological polar surface area (TPSA) is 113 Å². The molecular formula is C21H20F3N5O5. The van der Waals surface area contributed by atoms with Gasteiger partial charge in [0.25, 0.3) is 11.8 Å². The van der Waals surface area contributed by atoms with Crippen LogP contribution in [0, 0.1) is 0 Å². The number of amides is 4. The summed E-state index contributed by atoms with van der Waals surface area (Å²) in [6, 6.07) is 4.24. The van der Waals surface area contributed by atoms with E-state index < -0.39 is 36.0 Å². The number of carbonyl (C=O) groups is 3. The highest BCUT2D eigenvalue weighted by Crippen LogP contribution is 2.27. The molecular weight excluding hydrogens is 459 g/mol. The van der Waals surface area contributed by atoms with Gasteiger partial charge in [0.15, 0.2) is 0 Å². The van der Waals surface area contributed by atoms with Gasteiger partial charge in [-0.2, -0.15) is 0 Å². The highest BCUT2D eigenvalue weighted by Gasteiger charge is 2.39. The zero-order valence-corrected chi connectivity index (χ0v) is 17.7. The highest BCUT2D eigenvalue weighted by molar-refractivity contribution is 6.21. The molecule has 2 aliphatic rings. The third-order valence-electron chi connectivity index (χ3n) is 5.20. The summed E-state index contributed by atoms with van der Waals surface area (Å²) in [6.45, 7) is 2.03. The van der Waals surface area contributed by atoms with E-state index in [4.69, 9.17) is 4.74 Å². The molecule has 0 aliphatic carbocycles. The van der Waals surface area contributed by atoms with Crippen LogP contribution in [-0.4, -0.2) is 66.5 Å². The predicted molar refractivity (Wildman–Crippen MR) is 111 cm³/mol. The van der Waals surface area contributed by atoms with Crippen LogP contribution in [0.5, 0.6) is 5.75 Å². The molecule has 1 aromatic carbocycles. The van der Waals surface area contributed by atoms with Gasteiger partial charge in [0.2, 0.25) is 0 Å². The Kier molecular flexibility index (Phi) is 6.65. The lowest BCUT2D eigenvalue weighted by atomic mass is 10.0. The molecule has 2 aromatic rings. The maximum Gasteiger partial charge on any atom is 0.573 e. The van der Waals surface area contributed by atoms with Crippen LogP contribution in [0.25, 0.3) is 0 Å². The largest absolute Gasteiger partial charge is 0.573 e. The molecule has 34 heavy (non-hydrogen) atoms. The highest BCUT2D eigenvalue weighted by atomic mass is 19.4. The third kappa shape index (κ3) is 5.43. The molecule has 1 aromatic heterocycles. The number of urea groups is 1. The average molecular weight is 479 g/mol. The van der Waals surface area contributed by atoms with E-state index in [2.05, 4.69) is 20.5 Å². The summed E-state index contributed by atoms with van der Waals surface area (Å²) in [5.41, 5.74) is 3.61. The van der Waals surface area contributed by atoms with Gasteiger partial charge in [-0.3, -0.25) is 20.0 Å². The zero-order chi connectivity index (χ0) is 24.3. The van der Waals surface area contributed by atoms with Crippen molar-refractivity contribution in [3.8, 4) is 5.75 Å². The van der Waals surface area contributed by atoms with E-state index in [9.17, 15) is 27.6 Å². The molecule has 2 saturated heterocycles. The fraction of sp³-hybridized carbons (Fsp3) is 0.333. The molecule has 3 heterocycles. The van der Waals surface area contributed by atoms with Crippen LogP contribution < -0.4 is 20.4 Å². The number of anilines is 1. The van der Waals surface area contributed by atoms with E-state index in [0.717, 1.165) is 17.0 Å². The Bertz CT molecular complexity index is 1070. The number of nitrogens with one attached hydrogen (secondary N) is 2. The summed E-state index contributed by atoms with van der Waals surface area (Å²) in [6.07, 6.45) is -1.99. The molecule has 2 fully saturated rings. The van der Waals surface area contributed by atoms with Crippen LogP contribution in [0.1, 0.15) is 15.9 Å². The number of morpholine rings is 1. The Hall–Kier alpha value is -3.71. The Balaban J connectivity index is 1.46. The van der Waals surface area contributed by atoms with Crippen LogP contribution in [0.2, 0.25) is 0 Å². The molecule has 4 amide bonds. The summed E-state index contributed by atoms with van der Waals surface area (Å²) in [5, 5.41) is 4.27. The van der Waals surface area contributed by atoms with Gasteiger partial charge in [-0.25, -0.2) is 14.7 Å². The maximum absolute atomic E-state index is 12.9. The van der Waals surface area contributed by atoms with Crippen molar-refractivity contribution in [2.45, 2.75) is 18.8 Å². The number of ether oxygens (including phenoxy) is 2. The second-order valence-electron chi connectivity index (χ2n) is 7.49. The molecule has 2 N–H and O–H groups in total. The second kappa shape index (κ2) is 9.65. The molecule has 13 heteroatoms. The Morgan fingerprint density at radius 3 is 2.56 bits per heavy atom. The lowest BCUT2D eigenvalue weighted by molar-refractivity contribution is -0.274. The monoisotopic (exact) mass is 479 g/mol. The molecule has 0 bridgehead atoms. The normalized spacial score (nSPS) is 19.1. The minimum Gasteiger partial charge on any atom is -0.406 e. The van der Waals surface area contributed by atoms with Crippen LogP contribution in [-0.2, 0) is 16.0 Å². The number of aromatic nitrogens is 1. The summed E-state index contributed by atoms with van der Waals surface area (Å²) in [5.74, 6) is -1.49. The Labute approximate surface area is 191 Å². The summed E-state index contributed by atoms with van der Waals surface area (Å²) in [7, 11) is 0. The molecule has 4 rings (SSSR count). The maximum atomic E-state index is 12.9. The van der Waals surface area contributed by atoms with Gasteiger partial charge in [-0.1, -0.05) is 0 Å². The van der Waals surface area contributed by atoms with E-state index in [1.54, 1.807) is 11.1 Å². The lowest BCUT2D eigenvalue weighted by Crippen LogP contribution is -2.48. The second-order valence-corrected chi connectivity index (χ2v) is 7.49. The molecule has 0 saturated carbocycles. The van der Waals surface area contributed by atoms with Crippen molar-refractivity contribution in [3.63, 3.8) is 0 Å². The summed E-state index contributed by atoms with van der Waals surface area (Å²) < 4.78 is 46.1. The smallest absolute Gasteiger partial charge is 0.406 e. The molecule has 0 radical (unpaired) electrons. The first-order valence-electron chi connectivity index (χ1n) is 10.3. The van der Waals surface area contributed by atoms with Crippen molar-refractivity contribution in [3.05, 3.63) is 53.9 Å². The number of benzene rings is 1. The number of halogens is 3. The number of hydrogen-bond donors (Lipinski definition) is 2. The Morgan fingerprint density at radius 1 is 1.18 bits per heavy atom. The van der Waals surface area contributed by atoms with Gasteiger partial charge in [0.05, 0.1) is 24.5 Å². The molecule has 1 unspecified atom stereocenters. The number of pyridine rings is 1. The Morgan fingerprint density at radius 2 is 1.88 bits per heavy atom. The molecule has 1 atom stereocenters. The third-order valence-corrected chi connectivity index (χ3v) is 5.20. The quantitative estimate of drug-likeness (QED) is 0.606. The van der Waals surface area contributed by atoms with Crippen LogP contribution in [0.3, 0.4) is 0 Å². The SMILES string of the molecule is O=C(NN1CCOCC1)c1cnccc1CC1NC(=O)N(c2ccc(OC(F)(F)F)cc2)C1=O. The van der Waals surface area contributed by atoms with Gasteiger partial charge in [0, 0.05) is 31.9 Å². The van der Waals surface area contributed by atoms with E-state index in [1.807, 2.05) is 0 Å². The van der Waals surface area contributed by atoms with Crippen LogP contribution in [0.15, 0.2) is 42.7 Å². The van der Waals surface area contributed by atoms with Crippen molar-refractivity contribution in [2.75, 3.05) is 31.2 Å². The summed E-state index contributed by atoms with van der Waals surface area (Å²) >= 11 is 0. The fourth-order valence-electron chi connectivity index (χ4n) is 3.62. The molecule has 2 aliphatic heterocycles. The van der Waals surface area contributed by atoms with Crippen LogP contribution >= 0.6 is 0 Å². The number of alkyl halides is 3. The molecule has 10 nitrogen and oxygen atoms in total. The number of nitrogens with zero attached hydrogens (tertiary/aromatic N) is 3. The zero-order valence-electron chi connectivity index (χ0n) is 17.7. The van der Waals surface area contributed by atoms with Gasteiger partial charge in [0.1, 0.15) is 11.8 Å². The van der Waals surface area contributed by atoms with Crippen LogP contribution in [0.4, 0.5) is 23.7 Å².